The Kier molecular flexibility index (Phi) is 3.45. The maximum Gasteiger partial charge on any atom is 0.336 e. The molecule has 3 heteroatoms. The van der Waals surface area contributed by atoms with Gasteiger partial charge in [0.15, 0.2) is 0 Å². The second kappa shape index (κ2) is 4.83. The summed E-state index contributed by atoms with van der Waals surface area (Å²) < 4.78 is 4.45. The molecule has 0 aliphatic heterocycles. The third kappa shape index (κ3) is 2.46. The van der Waals surface area contributed by atoms with Gasteiger partial charge in [0.05, 0.1) is 13.7 Å². The number of methoxy groups -OCH3 is 1. The number of rotatable bonds is 2. The highest BCUT2D eigenvalue weighted by Gasteiger charge is 2.08. The first-order valence-corrected chi connectivity index (χ1v) is 4.00. The second-order valence-electron chi connectivity index (χ2n) is 2.54. The summed E-state index contributed by atoms with van der Waals surface area (Å²) in [6.45, 7) is 6.80. The molecule has 0 N–H and O–H groups in total. The summed E-state index contributed by atoms with van der Waals surface area (Å²) in [6, 6.07) is 9.17. The van der Waals surface area contributed by atoms with Crippen molar-refractivity contribution in [1.29, 1.82) is 0 Å². The topological polar surface area (TPSA) is 30.7 Å². The summed E-state index contributed by atoms with van der Waals surface area (Å²) >= 11 is 0. The Morgan fingerprint density at radius 3 is 2.57 bits per heavy atom. The zero-order valence-corrected chi connectivity index (χ0v) is 7.73. The number of esters is 1. The van der Waals surface area contributed by atoms with Crippen LogP contribution in [-0.2, 0) is 9.53 Å². The van der Waals surface area contributed by atoms with E-state index < -0.39 is 5.97 Å². The second-order valence-corrected chi connectivity index (χ2v) is 2.54. The molecule has 0 heterocycles. The van der Waals surface area contributed by atoms with Crippen molar-refractivity contribution in [3.05, 3.63) is 53.0 Å². The van der Waals surface area contributed by atoms with Crippen LogP contribution in [0.2, 0.25) is 0 Å². The Hall–Kier alpha value is -2.08. The SMILES string of the molecule is [C-]#[N+]/C(=C\c1ccccc1)C(=O)OC. The lowest BCUT2D eigenvalue weighted by Crippen LogP contribution is -2.00. The van der Waals surface area contributed by atoms with Crippen LogP contribution in [0, 0.1) is 6.57 Å². The summed E-state index contributed by atoms with van der Waals surface area (Å²) in [7, 11) is 1.26. The van der Waals surface area contributed by atoms with Crippen molar-refractivity contribution >= 4 is 12.0 Å². The quantitative estimate of drug-likeness (QED) is 0.403. The Bertz CT molecular complexity index is 387. The molecule has 1 aromatic carbocycles. The first-order valence-electron chi connectivity index (χ1n) is 4.00. The normalized spacial score (nSPS) is 10.4. The van der Waals surface area contributed by atoms with Crippen molar-refractivity contribution in [2.75, 3.05) is 7.11 Å². The highest BCUT2D eigenvalue weighted by Crippen LogP contribution is 2.08. The van der Waals surface area contributed by atoms with Crippen LogP contribution >= 0.6 is 0 Å². The molecule has 0 unspecified atom stereocenters. The Balaban J connectivity index is 2.97. The molecule has 0 saturated heterocycles. The van der Waals surface area contributed by atoms with Crippen molar-refractivity contribution in [3.63, 3.8) is 0 Å². The van der Waals surface area contributed by atoms with Gasteiger partial charge in [-0.05, 0) is 11.6 Å². The molecule has 0 aliphatic rings. The third-order valence-corrected chi connectivity index (χ3v) is 1.62. The summed E-state index contributed by atoms with van der Waals surface area (Å²) in [6.07, 6.45) is 1.50. The van der Waals surface area contributed by atoms with E-state index in [2.05, 4.69) is 9.58 Å². The van der Waals surface area contributed by atoms with E-state index in [0.29, 0.717) is 0 Å². The molecule has 0 aliphatic carbocycles. The first-order chi connectivity index (χ1) is 6.77. The number of benzene rings is 1. The highest BCUT2D eigenvalue weighted by molar-refractivity contribution is 5.95. The number of carbonyl (C=O) groups is 1. The zero-order valence-electron chi connectivity index (χ0n) is 7.73. The fraction of sp³-hybridized carbons (Fsp3) is 0.0909. The first kappa shape index (κ1) is 10.0. The molecule has 0 radical (unpaired) electrons. The van der Waals surface area contributed by atoms with Crippen LogP contribution in [0.25, 0.3) is 10.9 Å². The largest absolute Gasteiger partial charge is 0.474 e. The smallest absolute Gasteiger partial charge is 0.336 e. The maximum atomic E-state index is 11.0. The van der Waals surface area contributed by atoms with Gasteiger partial charge in [-0.2, -0.15) is 0 Å². The lowest BCUT2D eigenvalue weighted by molar-refractivity contribution is -0.135. The van der Waals surface area contributed by atoms with Gasteiger partial charge in [0.1, 0.15) is 0 Å². The fourth-order valence-corrected chi connectivity index (χ4v) is 0.949. The summed E-state index contributed by atoms with van der Waals surface area (Å²) in [5, 5.41) is 0. The highest BCUT2D eigenvalue weighted by atomic mass is 16.5. The van der Waals surface area contributed by atoms with Gasteiger partial charge < -0.3 is 4.74 Å². The monoisotopic (exact) mass is 187 g/mol. The number of nitrogens with zero attached hydrogens (tertiary/aromatic N) is 1. The molecule has 3 nitrogen and oxygen atoms in total. The van der Waals surface area contributed by atoms with E-state index >= 15 is 0 Å². The Morgan fingerprint density at radius 1 is 1.43 bits per heavy atom. The van der Waals surface area contributed by atoms with Gasteiger partial charge >= 0.3 is 5.97 Å². The van der Waals surface area contributed by atoms with Gasteiger partial charge in [-0.1, -0.05) is 30.3 Å². The Morgan fingerprint density at radius 2 is 2.07 bits per heavy atom. The zero-order chi connectivity index (χ0) is 10.4. The van der Waals surface area contributed by atoms with E-state index in [0.717, 1.165) is 5.56 Å². The molecule has 0 saturated carbocycles. The van der Waals surface area contributed by atoms with E-state index in [-0.39, 0.29) is 5.70 Å². The van der Waals surface area contributed by atoms with E-state index in [1.165, 1.54) is 13.2 Å². The Labute approximate surface area is 82.4 Å². The molecule has 0 aromatic heterocycles. The summed E-state index contributed by atoms with van der Waals surface area (Å²) in [4.78, 5) is 14.1. The molecule has 14 heavy (non-hydrogen) atoms. The summed E-state index contributed by atoms with van der Waals surface area (Å²) in [5.74, 6) is -0.608. The minimum absolute atomic E-state index is 0.0151. The molecular weight excluding hydrogens is 178 g/mol. The average molecular weight is 187 g/mol. The molecule has 1 rings (SSSR count). The standard InChI is InChI=1S/C11H9NO2/c1-12-10(11(13)14-2)8-9-6-4-3-5-7-9/h3-8H,2H3/b10-8-. The van der Waals surface area contributed by atoms with Gasteiger partial charge in [0.2, 0.25) is 0 Å². The lowest BCUT2D eigenvalue weighted by atomic mass is 10.2. The third-order valence-electron chi connectivity index (χ3n) is 1.62. The van der Waals surface area contributed by atoms with Crippen molar-refractivity contribution in [2.24, 2.45) is 0 Å². The van der Waals surface area contributed by atoms with Gasteiger partial charge in [-0.15, -0.1) is 0 Å². The molecule has 0 bridgehead atoms. The van der Waals surface area contributed by atoms with Crippen molar-refractivity contribution in [2.45, 2.75) is 0 Å². The van der Waals surface area contributed by atoms with Crippen molar-refractivity contribution in [1.82, 2.24) is 0 Å². The molecule has 0 atom stereocenters. The number of carbonyl (C=O) groups excluding carboxylic acids is 1. The predicted molar refractivity (Wildman–Crippen MR) is 53.0 cm³/mol. The van der Waals surface area contributed by atoms with Crippen molar-refractivity contribution in [3.8, 4) is 0 Å². The molecule has 1 aromatic rings. The van der Waals surface area contributed by atoms with E-state index in [1.807, 2.05) is 30.3 Å². The van der Waals surface area contributed by atoms with Gasteiger partial charge in [-0.3, -0.25) is 4.79 Å². The minimum Gasteiger partial charge on any atom is -0.474 e. The fourth-order valence-electron chi connectivity index (χ4n) is 0.949. The van der Waals surface area contributed by atoms with Gasteiger partial charge in [0, 0.05) is 0 Å². The minimum atomic E-state index is -0.608. The van der Waals surface area contributed by atoms with Gasteiger partial charge in [0.25, 0.3) is 5.70 Å². The van der Waals surface area contributed by atoms with Crippen LogP contribution in [0.5, 0.6) is 0 Å². The maximum absolute atomic E-state index is 11.0. The van der Waals surface area contributed by atoms with Crippen LogP contribution in [0.15, 0.2) is 36.0 Å². The lowest BCUT2D eigenvalue weighted by Gasteiger charge is -1.96. The van der Waals surface area contributed by atoms with E-state index in [1.54, 1.807) is 0 Å². The van der Waals surface area contributed by atoms with Crippen LogP contribution in [0.1, 0.15) is 5.56 Å². The number of hydrogen-bond acceptors (Lipinski definition) is 2. The summed E-state index contributed by atoms with van der Waals surface area (Å²) in [5.41, 5.74) is 0.794. The van der Waals surface area contributed by atoms with Crippen LogP contribution in [0.3, 0.4) is 0 Å². The van der Waals surface area contributed by atoms with E-state index in [9.17, 15) is 4.79 Å². The predicted octanol–water partition coefficient (Wildman–Crippen LogP) is 2.12. The van der Waals surface area contributed by atoms with E-state index in [4.69, 9.17) is 6.57 Å². The number of ether oxygens (including phenoxy) is 1. The molecule has 0 amide bonds. The molecular formula is C11H9NO2. The molecule has 0 spiro atoms. The molecule has 70 valence electrons. The average Bonchev–Trinajstić information content (AvgIpc) is 2.26. The van der Waals surface area contributed by atoms with Crippen LogP contribution in [-0.4, -0.2) is 13.1 Å². The number of hydrogen-bond donors (Lipinski definition) is 0. The van der Waals surface area contributed by atoms with Crippen LogP contribution in [0.4, 0.5) is 0 Å². The molecule has 0 fully saturated rings. The van der Waals surface area contributed by atoms with Crippen molar-refractivity contribution < 1.29 is 9.53 Å². The van der Waals surface area contributed by atoms with Crippen LogP contribution < -0.4 is 0 Å². The van der Waals surface area contributed by atoms with Gasteiger partial charge in [-0.25, -0.2) is 4.85 Å².